The maximum absolute atomic E-state index is 9.33. The summed E-state index contributed by atoms with van der Waals surface area (Å²) in [5.74, 6) is 0. The average molecular weight is 267 g/mol. The molecule has 2 heterocycles. The van der Waals surface area contributed by atoms with E-state index in [1.165, 1.54) is 23.4 Å². The molecule has 3 rings (SSSR count). The van der Waals surface area contributed by atoms with Gasteiger partial charge in [-0.15, -0.1) is 11.3 Å². The SMILES string of the molecule is N#CC(=Cc1cccnc1)c1nc2c(s1)CCCC2. The smallest absolute Gasteiger partial charge is 0.134 e. The average Bonchev–Trinajstić information content (AvgIpc) is 2.89. The first-order chi connectivity index (χ1) is 9.36. The Kier molecular flexibility index (Phi) is 3.39. The van der Waals surface area contributed by atoms with E-state index in [0.717, 1.165) is 23.4 Å². The van der Waals surface area contributed by atoms with E-state index in [0.29, 0.717) is 5.57 Å². The lowest BCUT2D eigenvalue weighted by Gasteiger charge is -2.06. The molecule has 0 aromatic carbocycles. The number of hydrogen-bond acceptors (Lipinski definition) is 4. The van der Waals surface area contributed by atoms with Crippen molar-refractivity contribution < 1.29 is 0 Å². The molecule has 0 amide bonds. The van der Waals surface area contributed by atoms with E-state index in [1.807, 2.05) is 18.2 Å². The molecule has 19 heavy (non-hydrogen) atoms. The number of pyridine rings is 1. The number of nitriles is 1. The second-order valence-corrected chi connectivity index (χ2v) is 5.64. The number of aromatic nitrogens is 2. The topological polar surface area (TPSA) is 49.6 Å². The summed E-state index contributed by atoms with van der Waals surface area (Å²) in [5.41, 5.74) is 2.76. The van der Waals surface area contributed by atoms with Gasteiger partial charge in [0.25, 0.3) is 0 Å². The van der Waals surface area contributed by atoms with Gasteiger partial charge in [0, 0.05) is 17.3 Å². The molecule has 0 N–H and O–H groups in total. The van der Waals surface area contributed by atoms with Crippen molar-refractivity contribution in [3.05, 3.63) is 45.7 Å². The van der Waals surface area contributed by atoms with Gasteiger partial charge in [0.2, 0.25) is 0 Å². The van der Waals surface area contributed by atoms with Gasteiger partial charge in [0.05, 0.1) is 11.3 Å². The van der Waals surface area contributed by atoms with Crippen LogP contribution in [0.25, 0.3) is 11.6 Å². The number of rotatable bonds is 2. The first kappa shape index (κ1) is 12.1. The normalized spacial score (nSPS) is 14.8. The van der Waals surface area contributed by atoms with Crippen LogP contribution in [0.15, 0.2) is 24.5 Å². The van der Waals surface area contributed by atoms with Crippen LogP contribution in [0.1, 0.15) is 34.0 Å². The van der Waals surface area contributed by atoms with Crippen LogP contribution in [0.5, 0.6) is 0 Å². The van der Waals surface area contributed by atoms with E-state index in [9.17, 15) is 5.26 Å². The lowest BCUT2D eigenvalue weighted by molar-refractivity contribution is 0.682. The van der Waals surface area contributed by atoms with E-state index < -0.39 is 0 Å². The van der Waals surface area contributed by atoms with Crippen molar-refractivity contribution in [2.75, 3.05) is 0 Å². The van der Waals surface area contributed by atoms with Gasteiger partial charge >= 0.3 is 0 Å². The number of thiazole rings is 1. The van der Waals surface area contributed by atoms with E-state index >= 15 is 0 Å². The molecular formula is C15H13N3S. The molecule has 0 fully saturated rings. The third kappa shape index (κ3) is 2.56. The van der Waals surface area contributed by atoms with Crippen LogP contribution in [0.2, 0.25) is 0 Å². The zero-order chi connectivity index (χ0) is 13.1. The molecule has 0 atom stereocenters. The van der Waals surface area contributed by atoms with Crippen LogP contribution in [0.3, 0.4) is 0 Å². The summed E-state index contributed by atoms with van der Waals surface area (Å²) in [5, 5.41) is 10.2. The van der Waals surface area contributed by atoms with Gasteiger partial charge in [0.15, 0.2) is 0 Å². The van der Waals surface area contributed by atoms with Crippen LogP contribution < -0.4 is 0 Å². The minimum atomic E-state index is 0.632. The second-order valence-electron chi connectivity index (χ2n) is 4.55. The molecule has 0 saturated carbocycles. The van der Waals surface area contributed by atoms with Crippen LogP contribution in [0.4, 0.5) is 0 Å². The Bertz CT molecular complexity index is 626. The molecule has 1 aliphatic rings. The highest BCUT2D eigenvalue weighted by Crippen LogP contribution is 2.30. The molecule has 2 aromatic rings. The molecule has 4 heteroatoms. The highest BCUT2D eigenvalue weighted by atomic mass is 32.1. The largest absolute Gasteiger partial charge is 0.264 e. The minimum Gasteiger partial charge on any atom is -0.264 e. The van der Waals surface area contributed by atoms with Crippen molar-refractivity contribution in [1.82, 2.24) is 9.97 Å². The number of fused-ring (bicyclic) bond motifs is 1. The highest BCUT2D eigenvalue weighted by Gasteiger charge is 2.17. The third-order valence-corrected chi connectivity index (χ3v) is 4.38. The van der Waals surface area contributed by atoms with Crippen molar-refractivity contribution in [2.45, 2.75) is 25.7 Å². The number of aryl methyl sites for hydroxylation is 2. The van der Waals surface area contributed by atoms with Gasteiger partial charge in [-0.25, -0.2) is 4.98 Å². The Hall–Kier alpha value is -1.99. The highest BCUT2D eigenvalue weighted by molar-refractivity contribution is 7.13. The summed E-state index contributed by atoms with van der Waals surface area (Å²) in [6.45, 7) is 0. The quantitative estimate of drug-likeness (QED) is 0.783. The van der Waals surface area contributed by atoms with Crippen molar-refractivity contribution in [3.8, 4) is 6.07 Å². The summed E-state index contributed by atoms with van der Waals surface area (Å²) in [4.78, 5) is 10.0. The molecular weight excluding hydrogens is 254 g/mol. The monoisotopic (exact) mass is 267 g/mol. The van der Waals surface area contributed by atoms with Crippen molar-refractivity contribution >= 4 is 23.0 Å². The molecule has 3 nitrogen and oxygen atoms in total. The summed E-state index contributed by atoms with van der Waals surface area (Å²) in [7, 11) is 0. The lowest BCUT2D eigenvalue weighted by Crippen LogP contribution is -1.99. The fraction of sp³-hybridized carbons (Fsp3) is 0.267. The lowest BCUT2D eigenvalue weighted by atomic mass is 10.0. The maximum Gasteiger partial charge on any atom is 0.134 e. The molecule has 0 radical (unpaired) electrons. The van der Waals surface area contributed by atoms with Crippen molar-refractivity contribution in [1.29, 1.82) is 5.26 Å². The number of allylic oxidation sites excluding steroid dienone is 1. The van der Waals surface area contributed by atoms with E-state index in [-0.39, 0.29) is 0 Å². The first-order valence-corrected chi connectivity index (χ1v) is 7.19. The van der Waals surface area contributed by atoms with Gasteiger partial charge in [0.1, 0.15) is 11.1 Å². The molecule has 0 bridgehead atoms. The van der Waals surface area contributed by atoms with E-state index in [2.05, 4.69) is 16.0 Å². The van der Waals surface area contributed by atoms with Crippen LogP contribution in [-0.4, -0.2) is 9.97 Å². The van der Waals surface area contributed by atoms with Gasteiger partial charge < -0.3 is 0 Å². The minimum absolute atomic E-state index is 0.632. The van der Waals surface area contributed by atoms with Crippen LogP contribution in [-0.2, 0) is 12.8 Å². The third-order valence-electron chi connectivity index (χ3n) is 3.19. The van der Waals surface area contributed by atoms with Gasteiger partial charge in [-0.1, -0.05) is 6.07 Å². The summed E-state index contributed by atoms with van der Waals surface area (Å²) in [6, 6.07) is 6.07. The second kappa shape index (κ2) is 5.33. The van der Waals surface area contributed by atoms with Gasteiger partial charge in [-0.3, -0.25) is 4.98 Å². The zero-order valence-corrected chi connectivity index (χ0v) is 11.3. The zero-order valence-electron chi connectivity index (χ0n) is 10.5. The van der Waals surface area contributed by atoms with Crippen LogP contribution >= 0.6 is 11.3 Å². The Morgan fingerprint density at radius 1 is 1.37 bits per heavy atom. The van der Waals surface area contributed by atoms with Gasteiger partial charge in [-0.2, -0.15) is 5.26 Å². The Labute approximate surface area is 116 Å². The molecule has 0 unspecified atom stereocenters. The van der Waals surface area contributed by atoms with E-state index in [1.54, 1.807) is 23.7 Å². The number of nitrogens with zero attached hydrogens (tertiary/aromatic N) is 3. The molecule has 0 saturated heterocycles. The van der Waals surface area contributed by atoms with Crippen LogP contribution in [0, 0.1) is 11.3 Å². The summed E-state index contributed by atoms with van der Waals surface area (Å²) < 4.78 is 0. The molecule has 0 spiro atoms. The predicted octanol–water partition coefficient (Wildman–Crippen LogP) is 3.48. The summed E-state index contributed by atoms with van der Waals surface area (Å²) >= 11 is 1.66. The van der Waals surface area contributed by atoms with Crippen molar-refractivity contribution in [2.24, 2.45) is 0 Å². The predicted molar refractivity (Wildman–Crippen MR) is 76.5 cm³/mol. The Morgan fingerprint density at radius 2 is 2.26 bits per heavy atom. The number of hydrogen-bond donors (Lipinski definition) is 0. The van der Waals surface area contributed by atoms with Crippen molar-refractivity contribution in [3.63, 3.8) is 0 Å². The van der Waals surface area contributed by atoms with E-state index in [4.69, 9.17) is 0 Å². The van der Waals surface area contributed by atoms with Gasteiger partial charge in [-0.05, 0) is 43.4 Å². The standard InChI is InChI=1S/C15H13N3S/c16-9-12(8-11-4-3-7-17-10-11)15-18-13-5-1-2-6-14(13)19-15/h3-4,7-8,10H,1-2,5-6H2. The Morgan fingerprint density at radius 3 is 3.00 bits per heavy atom. The first-order valence-electron chi connectivity index (χ1n) is 6.37. The molecule has 0 aliphatic heterocycles. The summed E-state index contributed by atoms with van der Waals surface area (Å²) in [6.07, 6.45) is 9.96. The molecule has 1 aliphatic carbocycles. The fourth-order valence-corrected chi connectivity index (χ4v) is 3.35. The fourth-order valence-electron chi connectivity index (χ4n) is 2.24. The Balaban J connectivity index is 1.97. The molecule has 2 aromatic heterocycles. The molecule has 94 valence electrons. The maximum atomic E-state index is 9.33.